The monoisotopic (exact) mass is 401 g/mol. The van der Waals surface area contributed by atoms with Crippen LogP contribution >= 0.6 is 11.6 Å². The van der Waals surface area contributed by atoms with E-state index >= 15 is 0 Å². The van der Waals surface area contributed by atoms with Crippen molar-refractivity contribution in [2.75, 3.05) is 5.32 Å². The van der Waals surface area contributed by atoms with Crippen LogP contribution in [0, 0.1) is 21.4 Å². The number of halogens is 1. The molecule has 0 heterocycles. The molecule has 28 heavy (non-hydrogen) atoms. The van der Waals surface area contributed by atoms with E-state index in [1.165, 1.54) is 12.1 Å². The van der Waals surface area contributed by atoms with Gasteiger partial charge in [0.1, 0.15) is 5.60 Å². The van der Waals surface area contributed by atoms with Crippen LogP contribution in [0.2, 0.25) is 5.02 Å². The normalized spacial score (nSPS) is 12.0. The van der Waals surface area contributed by atoms with Crippen LogP contribution in [-0.4, -0.2) is 16.6 Å². The Balaban J connectivity index is 2.11. The van der Waals surface area contributed by atoms with Gasteiger partial charge in [-0.25, -0.2) is 4.79 Å². The number of anilines is 1. The molecule has 8 heteroatoms. The molecule has 0 aromatic heterocycles. The zero-order valence-corrected chi connectivity index (χ0v) is 16.5. The third-order valence-electron chi connectivity index (χ3n) is 3.78. The van der Waals surface area contributed by atoms with Crippen molar-refractivity contribution < 1.29 is 14.5 Å². The van der Waals surface area contributed by atoms with E-state index in [1.807, 2.05) is 0 Å². The van der Waals surface area contributed by atoms with Crippen LogP contribution in [0.15, 0.2) is 42.5 Å². The fourth-order valence-corrected chi connectivity index (χ4v) is 2.76. The standard InChI is InChI=1S/C20H20ClN3O4/c1-20(2,3)28-19(25)23-16-7-4-14(18(21)11-16)10-15(12-22)13-5-8-17(9-6-13)24(26)27/h4-9,11,15H,10H2,1-3H3,(H,23,25). The number of nitrogens with zero attached hydrogens (tertiary/aromatic N) is 2. The molecular formula is C20H20ClN3O4. The summed E-state index contributed by atoms with van der Waals surface area (Å²) in [4.78, 5) is 22.1. The summed E-state index contributed by atoms with van der Waals surface area (Å²) in [6.07, 6.45) is -0.253. The Labute approximate surface area is 168 Å². The molecule has 0 aliphatic carbocycles. The molecule has 0 radical (unpaired) electrons. The highest BCUT2D eigenvalue weighted by Crippen LogP contribution is 2.28. The molecule has 2 rings (SSSR count). The van der Waals surface area contributed by atoms with Crippen LogP contribution in [0.1, 0.15) is 37.8 Å². The van der Waals surface area contributed by atoms with Gasteiger partial charge in [-0.2, -0.15) is 5.26 Å². The number of nitrogens with one attached hydrogen (secondary N) is 1. The van der Waals surface area contributed by atoms with Gasteiger partial charge in [0.25, 0.3) is 5.69 Å². The van der Waals surface area contributed by atoms with E-state index in [4.69, 9.17) is 16.3 Å². The average Bonchev–Trinajstić information content (AvgIpc) is 2.59. The predicted molar refractivity (Wildman–Crippen MR) is 106 cm³/mol. The van der Waals surface area contributed by atoms with Gasteiger partial charge >= 0.3 is 6.09 Å². The van der Waals surface area contributed by atoms with Crippen molar-refractivity contribution in [2.24, 2.45) is 0 Å². The summed E-state index contributed by atoms with van der Waals surface area (Å²) >= 11 is 6.31. The van der Waals surface area contributed by atoms with Gasteiger partial charge in [0, 0.05) is 22.8 Å². The van der Waals surface area contributed by atoms with E-state index < -0.39 is 22.5 Å². The highest BCUT2D eigenvalue weighted by Gasteiger charge is 2.18. The molecule has 0 fully saturated rings. The minimum atomic E-state index is -0.613. The van der Waals surface area contributed by atoms with E-state index in [2.05, 4.69) is 11.4 Å². The lowest BCUT2D eigenvalue weighted by molar-refractivity contribution is -0.384. The quantitative estimate of drug-likeness (QED) is 0.530. The van der Waals surface area contributed by atoms with Crippen molar-refractivity contribution in [1.82, 2.24) is 0 Å². The Hall–Kier alpha value is -3.11. The van der Waals surface area contributed by atoms with Gasteiger partial charge in [-0.1, -0.05) is 29.8 Å². The smallest absolute Gasteiger partial charge is 0.412 e. The summed E-state index contributed by atoms with van der Waals surface area (Å²) in [5.74, 6) is -0.511. The van der Waals surface area contributed by atoms with E-state index in [1.54, 1.807) is 51.1 Å². The maximum atomic E-state index is 11.8. The Morgan fingerprint density at radius 2 is 1.93 bits per heavy atom. The molecule has 146 valence electrons. The number of non-ortho nitro benzene ring substituents is 1. The SMILES string of the molecule is CC(C)(C)OC(=O)Nc1ccc(CC(C#N)c2ccc([N+](=O)[O-])cc2)c(Cl)c1. The van der Waals surface area contributed by atoms with Crippen LogP contribution in [0.5, 0.6) is 0 Å². The van der Waals surface area contributed by atoms with E-state index in [9.17, 15) is 20.2 Å². The van der Waals surface area contributed by atoms with Crippen molar-refractivity contribution in [2.45, 2.75) is 38.7 Å². The molecule has 0 aliphatic heterocycles. The number of hydrogen-bond donors (Lipinski definition) is 1. The van der Waals surface area contributed by atoms with Crippen LogP contribution < -0.4 is 5.32 Å². The molecule has 0 saturated heterocycles. The Kier molecular flexibility index (Phi) is 6.60. The maximum absolute atomic E-state index is 11.8. The Morgan fingerprint density at radius 3 is 2.43 bits per heavy atom. The molecule has 1 unspecified atom stereocenters. The van der Waals surface area contributed by atoms with Gasteiger partial charge in [0.05, 0.1) is 16.9 Å². The summed E-state index contributed by atoms with van der Waals surface area (Å²) in [6.45, 7) is 5.30. The number of carbonyl (C=O) groups excluding carboxylic acids is 1. The zero-order chi connectivity index (χ0) is 20.9. The van der Waals surface area contributed by atoms with Crippen molar-refractivity contribution in [3.05, 3.63) is 68.7 Å². The molecule has 1 atom stereocenters. The van der Waals surface area contributed by atoms with Gasteiger partial charge in [-0.3, -0.25) is 15.4 Å². The number of nitro groups is 1. The summed E-state index contributed by atoms with van der Waals surface area (Å²) in [6, 6.07) is 13.1. The molecule has 1 amide bonds. The molecule has 2 aromatic rings. The van der Waals surface area contributed by atoms with Gasteiger partial charge in [-0.15, -0.1) is 0 Å². The van der Waals surface area contributed by atoms with Gasteiger partial charge < -0.3 is 4.74 Å². The summed E-state index contributed by atoms with van der Waals surface area (Å²) < 4.78 is 5.19. The molecule has 0 saturated carbocycles. The minimum absolute atomic E-state index is 0.0314. The first-order valence-corrected chi connectivity index (χ1v) is 8.89. The van der Waals surface area contributed by atoms with Crippen LogP contribution in [0.3, 0.4) is 0 Å². The van der Waals surface area contributed by atoms with Gasteiger partial charge in [0.2, 0.25) is 0 Å². The average molecular weight is 402 g/mol. The molecule has 7 nitrogen and oxygen atoms in total. The molecule has 2 aromatic carbocycles. The summed E-state index contributed by atoms with van der Waals surface area (Å²) in [7, 11) is 0. The first-order valence-electron chi connectivity index (χ1n) is 8.51. The molecule has 1 N–H and O–H groups in total. The number of hydrogen-bond acceptors (Lipinski definition) is 5. The molecule has 0 bridgehead atoms. The Morgan fingerprint density at radius 1 is 1.29 bits per heavy atom. The molecular weight excluding hydrogens is 382 g/mol. The second-order valence-electron chi connectivity index (χ2n) is 7.17. The number of benzene rings is 2. The molecule has 0 spiro atoms. The highest BCUT2D eigenvalue weighted by molar-refractivity contribution is 6.31. The summed E-state index contributed by atoms with van der Waals surface area (Å²) in [5.41, 5.74) is 1.22. The third kappa shape index (κ3) is 5.96. The Bertz CT molecular complexity index is 915. The van der Waals surface area contributed by atoms with Gasteiger partial charge in [0.15, 0.2) is 0 Å². The number of carbonyl (C=O) groups is 1. The topological polar surface area (TPSA) is 105 Å². The number of nitro benzene ring substituents is 1. The van der Waals surface area contributed by atoms with E-state index in [0.717, 1.165) is 5.56 Å². The number of ether oxygens (including phenoxy) is 1. The molecule has 0 aliphatic rings. The fraction of sp³-hybridized carbons (Fsp3) is 0.300. The zero-order valence-electron chi connectivity index (χ0n) is 15.7. The summed E-state index contributed by atoms with van der Waals surface area (Å²) in [5, 5.41) is 23.3. The van der Waals surface area contributed by atoms with Crippen molar-refractivity contribution in [3.8, 4) is 6.07 Å². The lowest BCUT2D eigenvalue weighted by Crippen LogP contribution is -2.27. The third-order valence-corrected chi connectivity index (χ3v) is 4.14. The second-order valence-corrected chi connectivity index (χ2v) is 7.57. The lowest BCUT2D eigenvalue weighted by atomic mass is 9.93. The van der Waals surface area contributed by atoms with Crippen molar-refractivity contribution in [3.63, 3.8) is 0 Å². The second kappa shape index (κ2) is 8.72. The van der Waals surface area contributed by atoms with Crippen molar-refractivity contribution in [1.29, 1.82) is 5.26 Å². The first-order chi connectivity index (χ1) is 13.1. The highest BCUT2D eigenvalue weighted by atomic mass is 35.5. The van der Waals surface area contributed by atoms with Crippen molar-refractivity contribution >= 4 is 29.1 Å². The number of nitriles is 1. The minimum Gasteiger partial charge on any atom is -0.444 e. The van der Waals surface area contributed by atoms with E-state index in [-0.39, 0.29) is 5.69 Å². The first kappa shape index (κ1) is 21.2. The maximum Gasteiger partial charge on any atom is 0.412 e. The number of amides is 1. The van der Waals surface area contributed by atoms with Crippen LogP contribution in [0.25, 0.3) is 0 Å². The number of rotatable bonds is 5. The lowest BCUT2D eigenvalue weighted by Gasteiger charge is -2.20. The van der Waals surface area contributed by atoms with Crippen LogP contribution in [-0.2, 0) is 11.2 Å². The predicted octanol–water partition coefficient (Wildman–Crippen LogP) is 5.45. The van der Waals surface area contributed by atoms with Crippen LogP contribution in [0.4, 0.5) is 16.2 Å². The largest absolute Gasteiger partial charge is 0.444 e. The van der Waals surface area contributed by atoms with E-state index in [0.29, 0.717) is 22.7 Å². The fourth-order valence-electron chi connectivity index (χ4n) is 2.50. The van der Waals surface area contributed by atoms with Gasteiger partial charge in [-0.05, 0) is 50.5 Å².